The minimum absolute atomic E-state index is 0.515. The number of piperidine rings is 1. The number of likely N-dealkylation sites (tertiary alicyclic amines) is 1. The van der Waals surface area contributed by atoms with Crippen molar-refractivity contribution in [3.8, 4) is 6.07 Å². The molecule has 106 valence electrons. The first-order chi connectivity index (χ1) is 9.85. The van der Waals surface area contributed by atoms with Crippen LogP contribution in [0.25, 0.3) is 0 Å². The number of pyridine rings is 1. The second-order valence-electron chi connectivity index (χ2n) is 5.95. The Hall–Kier alpha value is -1.60. The Morgan fingerprint density at radius 2 is 1.95 bits per heavy atom. The summed E-state index contributed by atoms with van der Waals surface area (Å²) in [5.74, 6) is 0.849. The molecule has 3 rings (SSSR count). The summed E-state index contributed by atoms with van der Waals surface area (Å²) in [6, 6.07) is 6.04. The van der Waals surface area contributed by atoms with Crippen LogP contribution in [0.15, 0.2) is 18.3 Å². The minimum atomic E-state index is 0.515. The first-order valence-corrected chi connectivity index (χ1v) is 7.68. The Morgan fingerprint density at radius 1 is 1.20 bits per heavy atom. The molecule has 0 atom stereocenters. The number of anilines is 1. The van der Waals surface area contributed by atoms with Gasteiger partial charge in [0.25, 0.3) is 0 Å². The SMILES string of the molecule is N#Cc1cc(N2CCC(CN3CCCC3)CC2)ccn1. The molecule has 0 bridgehead atoms. The molecule has 20 heavy (non-hydrogen) atoms. The average molecular weight is 270 g/mol. The fourth-order valence-electron chi connectivity index (χ4n) is 3.38. The lowest BCUT2D eigenvalue weighted by Gasteiger charge is -2.35. The third-order valence-corrected chi connectivity index (χ3v) is 4.55. The van der Waals surface area contributed by atoms with Crippen LogP contribution >= 0.6 is 0 Å². The maximum atomic E-state index is 8.93. The summed E-state index contributed by atoms with van der Waals surface area (Å²) < 4.78 is 0. The van der Waals surface area contributed by atoms with E-state index in [0.29, 0.717) is 5.69 Å². The molecule has 1 aromatic rings. The number of hydrogen-bond acceptors (Lipinski definition) is 4. The molecule has 2 aliphatic heterocycles. The molecular weight excluding hydrogens is 248 g/mol. The predicted octanol–water partition coefficient (Wildman–Crippen LogP) is 2.27. The predicted molar refractivity (Wildman–Crippen MR) is 79.6 cm³/mol. The van der Waals surface area contributed by atoms with Crippen LogP contribution in [-0.2, 0) is 0 Å². The molecular formula is C16H22N4. The summed E-state index contributed by atoms with van der Waals surface area (Å²) in [5.41, 5.74) is 1.66. The van der Waals surface area contributed by atoms with Gasteiger partial charge in [0.05, 0.1) is 0 Å². The van der Waals surface area contributed by atoms with Crippen LogP contribution in [0, 0.1) is 17.2 Å². The molecule has 4 nitrogen and oxygen atoms in total. The third kappa shape index (κ3) is 3.10. The fraction of sp³-hybridized carbons (Fsp3) is 0.625. The maximum Gasteiger partial charge on any atom is 0.142 e. The van der Waals surface area contributed by atoms with E-state index in [0.717, 1.165) is 24.7 Å². The molecule has 2 fully saturated rings. The van der Waals surface area contributed by atoms with Gasteiger partial charge in [-0.15, -0.1) is 0 Å². The van der Waals surface area contributed by atoms with E-state index < -0.39 is 0 Å². The molecule has 2 saturated heterocycles. The summed E-state index contributed by atoms with van der Waals surface area (Å²) in [6.07, 6.45) is 7.03. The smallest absolute Gasteiger partial charge is 0.142 e. The van der Waals surface area contributed by atoms with E-state index in [1.807, 2.05) is 12.1 Å². The zero-order chi connectivity index (χ0) is 13.8. The number of aromatic nitrogens is 1. The van der Waals surface area contributed by atoms with Crippen molar-refractivity contribution in [3.63, 3.8) is 0 Å². The number of nitrogens with zero attached hydrogens (tertiary/aromatic N) is 4. The van der Waals surface area contributed by atoms with Crippen LogP contribution in [0.3, 0.4) is 0 Å². The molecule has 2 aliphatic rings. The molecule has 0 aliphatic carbocycles. The number of nitriles is 1. The van der Waals surface area contributed by atoms with Gasteiger partial charge >= 0.3 is 0 Å². The molecule has 0 amide bonds. The number of rotatable bonds is 3. The minimum Gasteiger partial charge on any atom is -0.371 e. The Morgan fingerprint density at radius 3 is 2.65 bits per heavy atom. The van der Waals surface area contributed by atoms with Crippen molar-refractivity contribution in [1.29, 1.82) is 5.26 Å². The van der Waals surface area contributed by atoms with Gasteiger partial charge in [0.15, 0.2) is 0 Å². The zero-order valence-electron chi connectivity index (χ0n) is 12.0. The van der Waals surface area contributed by atoms with Gasteiger partial charge in [-0.05, 0) is 56.8 Å². The number of hydrogen-bond donors (Lipinski definition) is 0. The lowest BCUT2D eigenvalue weighted by atomic mass is 9.96. The van der Waals surface area contributed by atoms with E-state index in [-0.39, 0.29) is 0 Å². The Kier molecular flexibility index (Phi) is 4.17. The second-order valence-corrected chi connectivity index (χ2v) is 5.95. The molecule has 0 radical (unpaired) electrons. The summed E-state index contributed by atoms with van der Waals surface area (Å²) in [7, 11) is 0. The summed E-state index contributed by atoms with van der Waals surface area (Å²) in [4.78, 5) is 9.06. The molecule has 4 heteroatoms. The monoisotopic (exact) mass is 270 g/mol. The van der Waals surface area contributed by atoms with E-state index in [2.05, 4.69) is 20.9 Å². The Labute approximate surface area is 121 Å². The van der Waals surface area contributed by atoms with Crippen molar-refractivity contribution in [3.05, 3.63) is 24.0 Å². The quantitative estimate of drug-likeness (QED) is 0.845. The standard InChI is InChI=1S/C16H22N4/c17-12-15-11-16(3-6-18-15)20-9-4-14(5-10-20)13-19-7-1-2-8-19/h3,6,11,14H,1-2,4-5,7-10,13H2. The Bertz CT molecular complexity index is 479. The maximum absolute atomic E-state index is 8.93. The van der Waals surface area contributed by atoms with E-state index >= 15 is 0 Å². The van der Waals surface area contributed by atoms with Gasteiger partial charge in [-0.3, -0.25) is 0 Å². The van der Waals surface area contributed by atoms with Crippen LogP contribution < -0.4 is 4.90 Å². The summed E-state index contributed by atoms with van der Waals surface area (Å²) >= 11 is 0. The lowest BCUT2D eigenvalue weighted by molar-refractivity contribution is 0.249. The molecule has 0 unspecified atom stereocenters. The van der Waals surface area contributed by atoms with E-state index in [4.69, 9.17) is 5.26 Å². The molecule has 0 N–H and O–H groups in total. The normalized spacial score (nSPS) is 21.1. The van der Waals surface area contributed by atoms with Crippen LogP contribution in [-0.4, -0.2) is 42.6 Å². The van der Waals surface area contributed by atoms with Crippen LogP contribution in [0.1, 0.15) is 31.4 Å². The van der Waals surface area contributed by atoms with Crippen molar-refractivity contribution in [2.45, 2.75) is 25.7 Å². The molecule has 0 saturated carbocycles. The highest BCUT2D eigenvalue weighted by atomic mass is 15.2. The highest BCUT2D eigenvalue weighted by molar-refractivity contribution is 5.49. The molecule has 0 aromatic carbocycles. The van der Waals surface area contributed by atoms with E-state index in [9.17, 15) is 0 Å². The molecule has 3 heterocycles. The largest absolute Gasteiger partial charge is 0.371 e. The highest BCUT2D eigenvalue weighted by Crippen LogP contribution is 2.24. The van der Waals surface area contributed by atoms with Crippen molar-refractivity contribution in [1.82, 2.24) is 9.88 Å². The van der Waals surface area contributed by atoms with Gasteiger partial charge in [-0.2, -0.15) is 5.26 Å². The first kappa shape index (κ1) is 13.4. The van der Waals surface area contributed by atoms with Crippen LogP contribution in [0.5, 0.6) is 0 Å². The lowest BCUT2D eigenvalue weighted by Crippen LogP contribution is -2.38. The van der Waals surface area contributed by atoms with Gasteiger partial charge in [-0.1, -0.05) is 0 Å². The van der Waals surface area contributed by atoms with Crippen LogP contribution in [0.4, 0.5) is 5.69 Å². The van der Waals surface area contributed by atoms with Gasteiger partial charge < -0.3 is 9.80 Å². The summed E-state index contributed by atoms with van der Waals surface area (Å²) in [5, 5.41) is 8.93. The van der Waals surface area contributed by atoms with Gasteiger partial charge in [0.1, 0.15) is 11.8 Å². The zero-order valence-corrected chi connectivity index (χ0v) is 12.0. The Balaban J connectivity index is 1.53. The highest BCUT2D eigenvalue weighted by Gasteiger charge is 2.23. The van der Waals surface area contributed by atoms with Gasteiger partial charge in [0, 0.05) is 31.5 Å². The third-order valence-electron chi connectivity index (χ3n) is 4.55. The second kappa shape index (κ2) is 6.23. The van der Waals surface area contributed by atoms with Gasteiger partial charge in [0.2, 0.25) is 0 Å². The van der Waals surface area contributed by atoms with Crippen molar-refractivity contribution >= 4 is 5.69 Å². The van der Waals surface area contributed by atoms with E-state index in [1.165, 1.54) is 45.3 Å². The first-order valence-electron chi connectivity index (χ1n) is 7.68. The van der Waals surface area contributed by atoms with Gasteiger partial charge in [-0.25, -0.2) is 4.98 Å². The van der Waals surface area contributed by atoms with Crippen molar-refractivity contribution < 1.29 is 0 Å². The van der Waals surface area contributed by atoms with Crippen molar-refractivity contribution in [2.75, 3.05) is 37.6 Å². The molecule has 1 aromatic heterocycles. The fourth-order valence-corrected chi connectivity index (χ4v) is 3.38. The topological polar surface area (TPSA) is 43.2 Å². The van der Waals surface area contributed by atoms with Crippen molar-refractivity contribution in [2.24, 2.45) is 5.92 Å². The molecule has 0 spiro atoms. The van der Waals surface area contributed by atoms with E-state index in [1.54, 1.807) is 6.20 Å². The average Bonchev–Trinajstić information content (AvgIpc) is 3.01. The van der Waals surface area contributed by atoms with Crippen LogP contribution in [0.2, 0.25) is 0 Å². The summed E-state index contributed by atoms with van der Waals surface area (Å²) in [6.45, 7) is 6.10.